The summed E-state index contributed by atoms with van der Waals surface area (Å²) in [4.78, 5) is 13.4. The lowest BCUT2D eigenvalue weighted by Gasteiger charge is -2.40. The Balaban J connectivity index is 1.87. The molecule has 5 heteroatoms. The van der Waals surface area contributed by atoms with Gasteiger partial charge in [-0.15, -0.1) is 0 Å². The van der Waals surface area contributed by atoms with E-state index < -0.39 is 11.7 Å². The van der Waals surface area contributed by atoms with Crippen LogP contribution < -0.4 is 5.73 Å². The molecule has 2 atom stereocenters. The van der Waals surface area contributed by atoms with Crippen molar-refractivity contribution in [2.45, 2.75) is 31.6 Å². The van der Waals surface area contributed by atoms with Gasteiger partial charge >= 0.3 is 6.09 Å². The van der Waals surface area contributed by atoms with Crippen LogP contribution in [0.1, 0.15) is 18.9 Å². The van der Waals surface area contributed by atoms with Crippen LogP contribution in [0.15, 0.2) is 30.3 Å². The van der Waals surface area contributed by atoms with Crippen molar-refractivity contribution in [1.82, 2.24) is 4.90 Å². The number of hydrogen-bond donors (Lipinski definition) is 2. The summed E-state index contributed by atoms with van der Waals surface area (Å²) in [6.45, 7) is 2.62. The minimum atomic E-state index is -1.05. The number of amides is 1. The Labute approximate surface area is 113 Å². The van der Waals surface area contributed by atoms with E-state index in [1.54, 1.807) is 6.92 Å². The first kappa shape index (κ1) is 13.8. The highest BCUT2D eigenvalue weighted by atomic mass is 16.6. The third-order valence-corrected chi connectivity index (χ3v) is 3.48. The molecule has 0 spiro atoms. The van der Waals surface area contributed by atoms with Crippen LogP contribution in [-0.4, -0.2) is 40.8 Å². The third kappa shape index (κ3) is 3.45. The number of β-amino-alcohol motifs (C(OH)–C–C–N with tert-alkyl or cyclic N) is 1. The fraction of sp³-hybridized carbons (Fsp3) is 0.500. The van der Waals surface area contributed by atoms with Crippen LogP contribution in [0.2, 0.25) is 0 Å². The van der Waals surface area contributed by atoms with Crippen LogP contribution in [0.25, 0.3) is 0 Å². The number of aliphatic hydroxyl groups is 1. The SMILES string of the molecule is C[C@]1(O)CN(C(=O)OCc2ccccc2)CC[C@@H]1N. The second-order valence-corrected chi connectivity index (χ2v) is 5.21. The van der Waals surface area contributed by atoms with Crippen molar-refractivity contribution >= 4 is 6.09 Å². The molecule has 19 heavy (non-hydrogen) atoms. The van der Waals surface area contributed by atoms with Crippen LogP contribution in [0, 0.1) is 0 Å². The van der Waals surface area contributed by atoms with Gasteiger partial charge in [0.1, 0.15) is 6.61 Å². The molecule has 1 fully saturated rings. The molecule has 1 saturated heterocycles. The highest BCUT2D eigenvalue weighted by Gasteiger charge is 2.37. The summed E-state index contributed by atoms with van der Waals surface area (Å²) in [6, 6.07) is 9.20. The normalized spacial score (nSPS) is 27.1. The molecule has 5 nitrogen and oxygen atoms in total. The van der Waals surface area contributed by atoms with Gasteiger partial charge < -0.3 is 20.5 Å². The molecular formula is C14H20N2O3. The fourth-order valence-electron chi connectivity index (χ4n) is 2.16. The summed E-state index contributed by atoms with van der Waals surface area (Å²) < 4.78 is 5.23. The molecule has 1 amide bonds. The molecule has 104 valence electrons. The van der Waals surface area contributed by atoms with Crippen molar-refractivity contribution in [3.63, 3.8) is 0 Å². The van der Waals surface area contributed by atoms with Crippen molar-refractivity contribution in [3.8, 4) is 0 Å². The number of ether oxygens (including phenoxy) is 1. The first-order chi connectivity index (χ1) is 8.99. The minimum Gasteiger partial charge on any atom is -0.445 e. The zero-order valence-corrected chi connectivity index (χ0v) is 11.1. The molecule has 0 aromatic heterocycles. The van der Waals surface area contributed by atoms with E-state index in [4.69, 9.17) is 10.5 Å². The number of likely N-dealkylation sites (tertiary alicyclic amines) is 1. The predicted octanol–water partition coefficient (Wildman–Crippen LogP) is 1.11. The zero-order valence-electron chi connectivity index (χ0n) is 11.1. The Morgan fingerprint density at radius 2 is 2.21 bits per heavy atom. The van der Waals surface area contributed by atoms with E-state index in [0.29, 0.717) is 13.0 Å². The lowest BCUT2D eigenvalue weighted by atomic mass is 9.90. The summed E-state index contributed by atoms with van der Waals surface area (Å²) in [6.07, 6.45) is 0.170. The molecule has 3 N–H and O–H groups in total. The number of nitrogens with zero attached hydrogens (tertiary/aromatic N) is 1. The minimum absolute atomic E-state index is 0.210. The number of carbonyl (C=O) groups excluding carboxylic acids is 1. The van der Waals surface area contributed by atoms with Gasteiger partial charge in [0.25, 0.3) is 0 Å². The van der Waals surface area contributed by atoms with Gasteiger partial charge in [0.2, 0.25) is 0 Å². The summed E-state index contributed by atoms with van der Waals surface area (Å²) in [7, 11) is 0. The fourth-order valence-corrected chi connectivity index (χ4v) is 2.16. The van der Waals surface area contributed by atoms with E-state index in [0.717, 1.165) is 5.56 Å². The van der Waals surface area contributed by atoms with Crippen LogP contribution in [0.3, 0.4) is 0 Å². The van der Waals surface area contributed by atoms with E-state index >= 15 is 0 Å². The largest absolute Gasteiger partial charge is 0.445 e. The molecule has 1 heterocycles. The second-order valence-electron chi connectivity index (χ2n) is 5.21. The molecule has 1 aliphatic rings. The van der Waals surface area contributed by atoms with Crippen molar-refractivity contribution in [2.75, 3.05) is 13.1 Å². The molecule has 0 saturated carbocycles. The van der Waals surface area contributed by atoms with E-state index in [9.17, 15) is 9.90 Å². The molecule has 1 aromatic rings. The summed E-state index contributed by atoms with van der Waals surface area (Å²) in [5.74, 6) is 0. The van der Waals surface area contributed by atoms with Gasteiger partial charge in [-0.2, -0.15) is 0 Å². The first-order valence-corrected chi connectivity index (χ1v) is 6.42. The van der Waals surface area contributed by atoms with Gasteiger partial charge in [-0.1, -0.05) is 30.3 Å². The van der Waals surface area contributed by atoms with Gasteiger partial charge in [0.05, 0.1) is 12.1 Å². The van der Waals surface area contributed by atoms with E-state index in [1.165, 1.54) is 4.90 Å². The number of hydrogen-bond acceptors (Lipinski definition) is 4. The summed E-state index contributed by atoms with van der Waals surface area (Å²) in [5.41, 5.74) is 5.70. The number of nitrogens with two attached hydrogens (primary N) is 1. The lowest BCUT2D eigenvalue weighted by Crippen LogP contribution is -2.59. The maximum absolute atomic E-state index is 11.9. The van der Waals surface area contributed by atoms with Crippen molar-refractivity contribution in [2.24, 2.45) is 5.73 Å². The van der Waals surface area contributed by atoms with Crippen molar-refractivity contribution in [1.29, 1.82) is 0 Å². The molecule has 1 aromatic carbocycles. The topological polar surface area (TPSA) is 75.8 Å². The van der Waals surface area contributed by atoms with Crippen molar-refractivity contribution in [3.05, 3.63) is 35.9 Å². The maximum atomic E-state index is 11.9. The van der Waals surface area contributed by atoms with E-state index in [2.05, 4.69) is 0 Å². The molecule has 0 unspecified atom stereocenters. The summed E-state index contributed by atoms with van der Waals surface area (Å²) >= 11 is 0. The van der Waals surface area contributed by atoms with Crippen molar-refractivity contribution < 1.29 is 14.6 Å². The van der Waals surface area contributed by atoms with Gasteiger partial charge in [0.15, 0.2) is 0 Å². The number of rotatable bonds is 2. The molecule has 0 aliphatic carbocycles. The molecule has 2 rings (SSSR count). The standard InChI is InChI=1S/C14H20N2O3/c1-14(18)10-16(8-7-12(14)15)13(17)19-9-11-5-3-2-4-6-11/h2-6,12,18H,7-10,15H2,1H3/t12-,14-/m0/s1. The second kappa shape index (κ2) is 5.59. The molecule has 0 radical (unpaired) electrons. The average Bonchev–Trinajstić information content (AvgIpc) is 2.40. The Morgan fingerprint density at radius 1 is 1.53 bits per heavy atom. The van der Waals surface area contributed by atoms with Gasteiger partial charge in [-0.25, -0.2) is 4.79 Å². The Morgan fingerprint density at radius 3 is 2.84 bits per heavy atom. The maximum Gasteiger partial charge on any atom is 0.410 e. The number of benzene rings is 1. The number of carbonyl (C=O) groups is 1. The zero-order chi connectivity index (χ0) is 13.9. The average molecular weight is 264 g/mol. The molecular weight excluding hydrogens is 244 g/mol. The molecule has 1 aliphatic heterocycles. The van der Waals surface area contributed by atoms with Crippen LogP contribution in [0.4, 0.5) is 4.79 Å². The first-order valence-electron chi connectivity index (χ1n) is 6.42. The van der Waals surface area contributed by atoms with Crippen LogP contribution >= 0.6 is 0 Å². The Hall–Kier alpha value is -1.59. The van der Waals surface area contributed by atoms with Gasteiger partial charge in [0, 0.05) is 12.6 Å². The monoisotopic (exact) mass is 264 g/mol. The quantitative estimate of drug-likeness (QED) is 0.839. The van der Waals surface area contributed by atoms with E-state index in [-0.39, 0.29) is 19.2 Å². The summed E-state index contributed by atoms with van der Waals surface area (Å²) in [5, 5.41) is 10.1. The number of piperidine rings is 1. The third-order valence-electron chi connectivity index (χ3n) is 3.48. The lowest BCUT2D eigenvalue weighted by molar-refractivity contribution is -0.0314. The van der Waals surface area contributed by atoms with Gasteiger partial charge in [-0.3, -0.25) is 0 Å². The smallest absolute Gasteiger partial charge is 0.410 e. The predicted molar refractivity (Wildman–Crippen MR) is 71.4 cm³/mol. The van der Waals surface area contributed by atoms with Crippen LogP contribution in [0.5, 0.6) is 0 Å². The van der Waals surface area contributed by atoms with Crippen LogP contribution in [-0.2, 0) is 11.3 Å². The highest BCUT2D eigenvalue weighted by Crippen LogP contribution is 2.20. The molecule has 0 bridgehead atoms. The highest BCUT2D eigenvalue weighted by molar-refractivity contribution is 5.68. The van der Waals surface area contributed by atoms with Gasteiger partial charge in [-0.05, 0) is 18.9 Å². The Bertz CT molecular complexity index is 434. The Kier molecular flexibility index (Phi) is 4.07. The van der Waals surface area contributed by atoms with E-state index in [1.807, 2.05) is 30.3 Å².